The smallest absolute Gasteiger partial charge is 0.342 e. The number of amides is 1. The molecule has 24 heavy (non-hydrogen) atoms. The zero-order chi connectivity index (χ0) is 16.7. The molecule has 1 aliphatic heterocycles. The Kier molecular flexibility index (Phi) is 3.92. The Balaban J connectivity index is 1.47. The van der Waals surface area contributed by atoms with Crippen molar-refractivity contribution in [2.75, 3.05) is 13.1 Å². The first-order valence-electron chi connectivity index (χ1n) is 8.36. The van der Waals surface area contributed by atoms with Gasteiger partial charge >= 0.3 is 5.69 Å². The lowest BCUT2D eigenvalue weighted by atomic mass is 9.96. The van der Waals surface area contributed by atoms with E-state index in [-0.39, 0.29) is 17.5 Å². The van der Waals surface area contributed by atoms with Crippen LogP contribution in [-0.2, 0) is 4.79 Å². The fourth-order valence-electron chi connectivity index (χ4n) is 3.24. The first-order chi connectivity index (χ1) is 11.6. The van der Waals surface area contributed by atoms with Gasteiger partial charge in [0.15, 0.2) is 0 Å². The lowest BCUT2D eigenvalue weighted by Gasteiger charge is -2.31. The summed E-state index contributed by atoms with van der Waals surface area (Å²) in [7, 11) is 0. The van der Waals surface area contributed by atoms with Gasteiger partial charge in [0.2, 0.25) is 5.91 Å². The fourth-order valence-corrected chi connectivity index (χ4v) is 3.37. The number of aromatic nitrogens is 3. The topological polar surface area (TPSA) is 71.0 Å². The van der Waals surface area contributed by atoms with Crippen LogP contribution in [0.15, 0.2) is 29.1 Å². The second-order valence-corrected chi connectivity index (χ2v) is 7.01. The summed E-state index contributed by atoms with van der Waals surface area (Å²) >= 11 is 5.88. The Hall–Kier alpha value is -2.08. The standard InChI is InChI=1S/C17H19ClN4O2/c18-13-3-5-14(6-4-13)22-17(24)19-15(20-22)11-7-9-21(10-8-11)16(23)12-1-2-12/h3-6,11-12H,1-2,7-10H2,(H,19,20,24). The molecule has 4 rings (SSSR count). The van der Waals surface area contributed by atoms with Crippen molar-refractivity contribution in [3.63, 3.8) is 0 Å². The zero-order valence-electron chi connectivity index (χ0n) is 13.2. The van der Waals surface area contributed by atoms with Gasteiger partial charge < -0.3 is 4.90 Å². The number of likely N-dealkylation sites (tertiary alicyclic amines) is 1. The number of carbonyl (C=O) groups excluding carboxylic acids is 1. The lowest BCUT2D eigenvalue weighted by molar-refractivity contribution is -0.133. The van der Waals surface area contributed by atoms with Gasteiger partial charge in [0.05, 0.1) is 5.69 Å². The molecule has 1 amide bonds. The van der Waals surface area contributed by atoms with E-state index in [4.69, 9.17) is 11.6 Å². The molecule has 0 unspecified atom stereocenters. The Bertz CT molecular complexity index is 799. The van der Waals surface area contributed by atoms with Crippen molar-refractivity contribution >= 4 is 17.5 Å². The number of piperidine rings is 1. The number of rotatable bonds is 3. The lowest BCUT2D eigenvalue weighted by Crippen LogP contribution is -2.39. The summed E-state index contributed by atoms with van der Waals surface area (Å²) in [5, 5.41) is 5.07. The third-order valence-electron chi connectivity index (χ3n) is 4.83. The van der Waals surface area contributed by atoms with Crippen LogP contribution in [0.4, 0.5) is 0 Å². The highest BCUT2D eigenvalue weighted by Crippen LogP contribution is 2.33. The summed E-state index contributed by atoms with van der Waals surface area (Å²) in [5.41, 5.74) is 0.442. The van der Waals surface area contributed by atoms with E-state index < -0.39 is 0 Å². The molecule has 2 aliphatic rings. The molecule has 0 atom stereocenters. The summed E-state index contributed by atoms with van der Waals surface area (Å²) in [5.74, 6) is 1.46. The largest absolute Gasteiger partial charge is 0.348 e. The number of H-pyrrole nitrogens is 1. The van der Waals surface area contributed by atoms with Crippen molar-refractivity contribution in [2.45, 2.75) is 31.6 Å². The monoisotopic (exact) mass is 346 g/mol. The highest BCUT2D eigenvalue weighted by Gasteiger charge is 2.35. The highest BCUT2D eigenvalue weighted by molar-refractivity contribution is 6.30. The molecule has 1 aromatic heterocycles. The molecule has 0 radical (unpaired) electrons. The predicted octanol–water partition coefficient (Wildman–Crippen LogP) is 2.33. The highest BCUT2D eigenvalue weighted by atomic mass is 35.5. The molecule has 126 valence electrons. The fraction of sp³-hybridized carbons (Fsp3) is 0.471. The van der Waals surface area contributed by atoms with Gasteiger partial charge in [-0.2, -0.15) is 4.68 Å². The van der Waals surface area contributed by atoms with Crippen LogP contribution in [0.1, 0.15) is 37.4 Å². The van der Waals surface area contributed by atoms with Gasteiger partial charge in [0.1, 0.15) is 5.82 Å². The van der Waals surface area contributed by atoms with E-state index in [0.717, 1.165) is 38.8 Å². The second kappa shape index (κ2) is 6.09. The average molecular weight is 347 g/mol. The van der Waals surface area contributed by atoms with Gasteiger partial charge in [-0.25, -0.2) is 4.79 Å². The molecule has 0 bridgehead atoms. The Labute approximate surface area is 144 Å². The SMILES string of the molecule is O=C(C1CC1)N1CCC(c2nn(-c3ccc(Cl)cc3)c(=O)[nH]2)CC1. The summed E-state index contributed by atoms with van der Waals surface area (Å²) < 4.78 is 1.37. The number of nitrogens with zero attached hydrogens (tertiary/aromatic N) is 3. The van der Waals surface area contributed by atoms with Crippen molar-refractivity contribution in [3.05, 3.63) is 45.6 Å². The van der Waals surface area contributed by atoms with Gasteiger partial charge in [-0.15, -0.1) is 5.10 Å². The van der Waals surface area contributed by atoms with Gasteiger partial charge in [0.25, 0.3) is 0 Å². The van der Waals surface area contributed by atoms with Crippen molar-refractivity contribution in [2.24, 2.45) is 5.92 Å². The number of aromatic amines is 1. The number of hydrogen-bond donors (Lipinski definition) is 1. The molecule has 2 fully saturated rings. The van der Waals surface area contributed by atoms with Crippen LogP contribution in [0.2, 0.25) is 5.02 Å². The van der Waals surface area contributed by atoms with Crippen molar-refractivity contribution < 1.29 is 4.79 Å². The molecule has 1 aromatic carbocycles. The molecule has 1 saturated carbocycles. The number of hydrogen-bond acceptors (Lipinski definition) is 3. The first kappa shape index (κ1) is 15.4. The van der Waals surface area contributed by atoms with Crippen LogP contribution in [0.5, 0.6) is 0 Å². The number of benzene rings is 1. The predicted molar refractivity (Wildman–Crippen MR) is 90.5 cm³/mol. The molecular weight excluding hydrogens is 328 g/mol. The van der Waals surface area contributed by atoms with Gasteiger partial charge in [-0.3, -0.25) is 9.78 Å². The van der Waals surface area contributed by atoms with E-state index in [2.05, 4.69) is 10.1 Å². The number of halogens is 1. The van der Waals surface area contributed by atoms with Crippen LogP contribution < -0.4 is 5.69 Å². The van der Waals surface area contributed by atoms with Gasteiger partial charge in [-0.05, 0) is 49.9 Å². The van der Waals surface area contributed by atoms with Crippen LogP contribution in [0.3, 0.4) is 0 Å². The normalized spacial score (nSPS) is 18.8. The third kappa shape index (κ3) is 2.98. The summed E-state index contributed by atoms with van der Waals surface area (Å²) in [6.45, 7) is 1.49. The van der Waals surface area contributed by atoms with Crippen LogP contribution in [0.25, 0.3) is 5.69 Å². The van der Waals surface area contributed by atoms with E-state index in [1.165, 1.54) is 4.68 Å². The van der Waals surface area contributed by atoms with Crippen LogP contribution in [-0.4, -0.2) is 38.7 Å². The average Bonchev–Trinajstić information content (AvgIpc) is 3.38. The molecule has 1 saturated heterocycles. The second-order valence-electron chi connectivity index (χ2n) is 6.58. The van der Waals surface area contributed by atoms with E-state index in [1.807, 2.05) is 4.90 Å². The molecule has 1 aliphatic carbocycles. The minimum absolute atomic E-state index is 0.189. The summed E-state index contributed by atoms with van der Waals surface area (Å²) in [6.07, 6.45) is 3.76. The molecule has 6 nitrogen and oxygen atoms in total. The van der Waals surface area contributed by atoms with Gasteiger partial charge in [0, 0.05) is 29.9 Å². The van der Waals surface area contributed by atoms with E-state index >= 15 is 0 Å². The van der Waals surface area contributed by atoms with Crippen molar-refractivity contribution in [1.29, 1.82) is 0 Å². The Morgan fingerprint density at radius 3 is 2.42 bits per heavy atom. The third-order valence-corrected chi connectivity index (χ3v) is 5.08. The zero-order valence-corrected chi connectivity index (χ0v) is 14.0. The molecule has 2 heterocycles. The molecular formula is C17H19ClN4O2. The van der Waals surface area contributed by atoms with E-state index in [9.17, 15) is 9.59 Å². The maximum atomic E-state index is 12.2. The number of carbonyl (C=O) groups is 1. The molecule has 1 N–H and O–H groups in total. The quantitative estimate of drug-likeness (QED) is 0.927. The molecule has 0 spiro atoms. The Morgan fingerprint density at radius 1 is 1.12 bits per heavy atom. The molecule has 2 aromatic rings. The van der Waals surface area contributed by atoms with Crippen molar-refractivity contribution in [3.8, 4) is 5.69 Å². The first-order valence-corrected chi connectivity index (χ1v) is 8.73. The minimum atomic E-state index is -0.246. The van der Waals surface area contributed by atoms with E-state index in [0.29, 0.717) is 22.4 Å². The summed E-state index contributed by atoms with van der Waals surface area (Å²) in [6, 6.07) is 7.01. The Morgan fingerprint density at radius 2 is 1.79 bits per heavy atom. The number of nitrogens with one attached hydrogen (secondary N) is 1. The minimum Gasteiger partial charge on any atom is -0.342 e. The summed E-state index contributed by atoms with van der Waals surface area (Å²) in [4.78, 5) is 29.1. The van der Waals surface area contributed by atoms with Crippen LogP contribution in [0, 0.1) is 5.92 Å². The maximum absolute atomic E-state index is 12.2. The molecule has 7 heteroatoms. The van der Waals surface area contributed by atoms with E-state index in [1.54, 1.807) is 24.3 Å². The van der Waals surface area contributed by atoms with Gasteiger partial charge in [-0.1, -0.05) is 11.6 Å². The van der Waals surface area contributed by atoms with Crippen molar-refractivity contribution in [1.82, 2.24) is 19.7 Å². The maximum Gasteiger partial charge on any atom is 0.348 e. The van der Waals surface area contributed by atoms with Crippen LogP contribution >= 0.6 is 11.6 Å².